The molecule has 0 aliphatic heterocycles. The van der Waals surface area contributed by atoms with Crippen molar-refractivity contribution in [1.82, 2.24) is 4.57 Å². The highest BCUT2D eigenvalue weighted by atomic mass is 16.1. The highest BCUT2D eigenvalue weighted by molar-refractivity contribution is 5.93. The number of carbonyl (C=O) groups is 1. The Bertz CT molecular complexity index is 407. The fourth-order valence-electron chi connectivity index (χ4n) is 1.35. The molecule has 0 spiro atoms. The summed E-state index contributed by atoms with van der Waals surface area (Å²) in [5.74, 6) is -0.208. The number of ketones is 1. The number of hydrogen-bond donors (Lipinski definition) is 1. The molecule has 0 saturated carbocycles. The minimum Gasteiger partial charge on any atom is -0.329 e. The summed E-state index contributed by atoms with van der Waals surface area (Å²) in [6.45, 7) is 4.05. The monoisotopic (exact) mass is 194 g/mol. The standard InChI is InChI=1S/C10H14N2O2/c1-7-3-4-9(8(2)13)10(14)12(7)6-5-11/h3-4H,5-6,11H2,1-2H3. The molecule has 1 aromatic rings. The van der Waals surface area contributed by atoms with Crippen molar-refractivity contribution in [3.63, 3.8) is 0 Å². The third-order valence-electron chi connectivity index (χ3n) is 2.12. The van der Waals surface area contributed by atoms with Gasteiger partial charge in [-0.3, -0.25) is 9.59 Å². The maximum Gasteiger partial charge on any atom is 0.261 e. The molecule has 0 radical (unpaired) electrons. The van der Waals surface area contributed by atoms with Gasteiger partial charge in [0.1, 0.15) is 0 Å². The van der Waals surface area contributed by atoms with Crippen molar-refractivity contribution >= 4 is 5.78 Å². The molecule has 14 heavy (non-hydrogen) atoms. The van der Waals surface area contributed by atoms with Crippen LogP contribution in [0.3, 0.4) is 0 Å². The molecular formula is C10H14N2O2. The maximum absolute atomic E-state index is 11.7. The van der Waals surface area contributed by atoms with E-state index in [-0.39, 0.29) is 16.9 Å². The van der Waals surface area contributed by atoms with Crippen LogP contribution in [0.25, 0.3) is 0 Å². The van der Waals surface area contributed by atoms with Crippen LogP contribution in [0.4, 0.5) is 0 Å². The predicted octanol–water partition coefficient (Wildman–Crippen LogP) is 0.318. The third kappa shape index (κ3) is 1.90. The molecule has 0 aromatic carbocycles. The quantitative estimate of drug-likeness (QED) is 0.705. The van der Waals surface area contributed by atoms with Crippen LogP contribution in [-0.4, -0.2) is 16.9 Å². The van der Waals surface area contributed by atoms with Gasteiger partial charge in [-0.2, -0.15) is 0 Å². The number of hydrogen-bond acceptors (Lipinski definition) is 3. The van der Waals surface area contributed by atoms with Gasteiger partial charge in [0.15, 0.2) is 5.78 Å². The van der Waals surface area contributed by atoms with Gasteiger partial charge in [-0.05, 0) is 26.0 Å². The van der Waals surface area contributed by atoms with Crippen molar-refractivity contribution in [3.8, 4) is 0 Å². The van der Waals surface area contributed by atoms with Gasteiger partial charge in [0.25, 0.3) is 5.56 Å². The van der Waals surface area contributed by atoms with Gasteiger partial charge in [-0.1, -0.05) is 0 Å². The van der Waals surface area contributed by atoms with E-state index in [4.69, 9.17) is 5.73 Å². The van der Waals surface area contributed by atoms with E-state index < -0.39 is 0 Å². The average molecular weight is 194 g/mol. The summed E-state index contributed by atoms with van der Waals surface area (Å²) >= 11 is 0. The van der Waals surface area contributed by atoms with E-state index in [0.29, 0.717) is 13.1 Å². The minimum absolute atomic E-state index is 0.208. The number of aryl methyl sites for hydroxylation is 1. The van der Waals surface area contributed by atoms with E-state index in [0.717, 1.165) is 5.69 Å². The van der Waals surface area contributed by atoms with Gasteiger partial charge in [0.05, 0.1) is 5.56 Å². The molecule has 2 N–H and O–H groups in total. The number of nitrogens with zero attached hydrogens (tertiary/aromatic N) is 1. The normalized spacial score (nSPS) is 10.2. The number of aromatic nitrogens is 1. The smallest absolute Gasteiger partial charge is 0.261 e. The molecule has 0 aliphatic rings. The molecule has 1 rings (SSSR count). The fourth-order valence-corrected chi connectivity index (χ4v) is 1.35. The molecule has 4 nitrogen and oxygen atoms in total. The number of nitrogens with two attached hydrogens (primary N) is 1. The lowest BCUT2D eigenvalue weighted by Crippen LogP contribution is -2.29. The molecule has 0 bridgehead atoms. The molecule has 0 saturated heterocycles. The van der Waals surface area contributed by atoms with Crippen molar-refractivity contribution in [2.24, 2.45) is 5.73 Å². The average Bonchev–Trinajstić information content (AvgIpc) is 2.11. The Morgan fingerprint density at radius 2 is 2.14 bits per heavy atom. The Balaban J connectivity index is 3.34. The second-order valence-electron chi connectivity index (χ2n) is 3.19. The molecule has 0 unspecified atom stereocenters. The second kappa shape index (κ2) is 4.19. The summed E-state index contributed by atoms with van der Waals surface area (Å²) in [4.78, 5) is 22.8. The molecule has 1 aromatic heterocycles. The Kier molecular flexibility index (Phi) is 3.19. The predicted molar refractivity (Wildman–Crippen MR) is 54.5 cm³/mol. The number of carbonyl (C=O) groups excluding carboxylic acids is 1. The van der Waals surface area contributed by atoms with Crippen LogP contribution >= 0.6 is 0 Å². The summed E-state index contributed by atoms with van der Waals surface area (Å²) in [6.07, 6.45) is 0. The van der Waals surface area contributed by atoms with Crippen molar-refractivity contribution in [1.29, 1.82) is 0 Å². The first kappa shape index (κ1) is 10.7. The minimum atomic E-state index is -0.247. The molecular weight excluding hydrogens is 180 g/mol. The summed E-state index contributed by atoms with van der Waals surface area (Å²) in [5, 5.41) is 0. The van der Waals surface area contributed by atoms with Crippen molar-refractivity contribution in [3.05, 3.63) is 33.7 Å². The van der Waals surface area contributed by atoms with E-state index in [1.807, 2.05) is 6.92 Å². The van der Waals surface area contributed by atoms with Crippen LogP contribution in [0.2, 0.25) is 0 Å². The van der Waals surface area contributed by atoms with Crippen molar-refractivity contribution in [2.45, 2.75) is 20.4 Å². The summed E-state index contributed by atoms with van der Waals surface area (Å²) in [7, 11) is 0. The lowest BCUT2D eigenvalue weighted by molar-refractivity contribution is 0.101. The molecule has 4 heteroatoms. The van der Waals surface area contributed by atoms with E-state index in [2.05, 4.69) is 0 Å². The van der Waals surface area contributed by atoms with Crippen LogP contribution in [0.15, 0.2) is 16.9 Å². The summed E-state index contributed by atoms with van der Waals surface area (Å²) in [5.41, 5.74) is 6.18. The molecule has 0 atom stereocenters. The number of Topliss-reactive ketones (excluding diaryl/α,β-unsaturated/α-hetero) is 1. The van der Waals surface area contributed by atoms with Gasteiger partial charge in [-0.15, -0.1) is 0 Å². The Morgan fingerprint density at radius 3 is 2.64 bits per heavy atom. The van der Waals surface area contributed by atoms with Crippen LogP contribution in [0, 0.1) is 6.92 Å². The SMILES string of the molecule is CC(=O)c1ccc(C)n(CCN)c1=O. The molecule has 1 heterocycles. The first-order valence-electron chi connectivity index (χ1n) is 4.49. The zero-order valence-corrected chi connectivity index (χ0v) is 8.41. The Hall–Kier alpha value is -1.42. The van der Waals surface area contributed by atoms with Crippen LogP contribution < -0.4 is 11.3 Å². The number of pyridine rings is 1. The lowest BCUT2D eigenvalue weighted by atomic mass is 10.2. The Labute approximate surface area is 82.3 Å². The van der Waals surface area contributed by atoms with Crippen LogP contribution in [-0.2, 0) is 6.54 Å². The van der Waals surface area contributed by atoms with E-state index in [9.17, 15) is 9.59 Å². The van der Waals surface area contributed by atoms with Gasteiger partial charge >= 0.3 is 0 Å². The van der Waals surface area contributed by atoms with E-state index in [1.165, 1.54) is 11.5 Å². The zero-order chi connectivity index (χ0) is 10.7. The van der Waals surface area contributed by atoms with Crippen molar-refractivity contribution in [2.75, 3.05) is 6.54 Å². The molecule has 0 aliphatic carbocycles. The maximum atomic E-state index is 11.7. The van der Waals surface area contributed by atoms with Gasteiger partial charge in [0, 0.05) is 18.8 Å². The van der Waals surface area contributed by atoms with Gasteiger partial charge in [-0.25, -0.2) is 0 Å². The third-order valence-corrected chi connectivity index (χ3v) is 2.12. The first-order chi connectivity index (χ1) is 6.57. The summed E-state index contributed by atoms with van der Waals surface area (Å²) < 4.78 is 1.52. The lowest BCUT2D eigenvalue weighted by Gasteiger charge is -2.09. The highest BCUT2D eigenvalue weighted by Gasteiger charge is 2.08. The number of rotatable bonds is 3. The largest absolute Gasteiger partial charge is 0.329 e. The second-order valence-corrected chi connectivity index (χ2v) is 3.19. The van der Waals surface area contributed by atoms with Gasteiger partial charge in [0.2, 0.25) is 0 Å². The highest BCUT2D eigenvalue weighted by Crippen LogP contribution is 1.98. The zero-order valence-electron chi connectivity index (χ0n) is 8.41. The first-order valence-corrected chi connectivity index (χ1v) is 4.49. The van der Waals surface area contributed by atoms with Gasteiger partial charge < -0.3 is 10.3 Å². The molecule has 76 valence electrons. The van der Waals surface area contributed by atoms with Crippen LogP contribution in [0.5, 0.6) is 0 Å². The summed E-state index contributed by atoms with van der Waals surface area (Å²) in [6, 6.07) is 3.32. The van der Waals surface area contributed by atoms with E-state index >= 15 is 0 Å². The molecule has 0 fully saturated rings. The molecule has 0 amide bonds. The topological polar surface area (TPSA) is 65.1 Å². The van der Waals surface area contributed by atoms with Crippen molar-refractivity contribution < 1.29 is 4.79 Å². The van der Waals surface area contributed by atoms with E-state index in [1.54, 1.807) is 12.1 Å². The Morgan fingerprint density at radius 1 is 1.50 bits per heavy atom. The van der Waals surface area contributed by atoms with Crippen LogP contribution in [0.1, 0.15) is 23.0 Å². The fraction of sp³-hybridized carbons (Fsp3) is 0.400.